The zero-order valence-electron chi connectivity index (χ0n) is 8.53. The Morgan fingerprint density at radius 2 is 1.87 bits per heavy atom. The molecule has 0 saturated carbocycles. The predicted molar refractivity (Wildman–Crippen MR) is 50.6 cm³/mol. The van der Waals surface area contributed by atoms with Crippen LogP contribution in [0.5, 0.6) is 0 Å². The zero-order chi connectivity index (χ0) is 11.7. The Bertz CT molecular complexity index is 179. The molecule has 0 heterocycles. The molecule has 0 saturated heterocycles. The van der Waals surface area contributed by atoms with Gasteiger partial charge in [0.05, 0.1) is 13.2 Å². The molecule has 0 aromatic carbocycles. The number of unbranched alkanes of at least 4 members (excludes halogenated alkanes) is 1. The molecule has 90 valence electrons. The number of alkyl halides is 2. The maximum absolute atomic E-state index is 12.0. The topological polar surface area (TPSA) is 60.8 Å². The quantitative estimate of drug-likeness (QED) is 0.581. The third kappa shape index (κ3) is 7.21. The van der Waals surface area contributed by atoms with Crippen molar-refractivity contribution in [3.63, 3.8) is 0 Å². The van der Waals surface area contributed by atoms with Crippen molar-refractivity contribution >= 4 is 5.91 Å². The van der Waals surface area contributed by atoms with Gasteiger partial charge in [-0.25, -0.2) is 8.78 Å². The molecule has 0 fully saturated rings. The van der Waals surface area contributed by atoms with Crippen molar-refractivity contribution in [1.82, 2.24) is 4.90 Å². The van der Waals surface area contributed by atoms with E-state index in [1.807, 2.05) is 0 Å². The van der Waals surface area contributed by atoms with E-state index in [1.54, 1.807) is 0 Å². The second kappa shape index (κ2) is 8.55. The van der Waals surface area contributed by atoms with E-state index >= 15 is 0 Å². The smallest absolute Gasteiger partial charge is 0.255 e. The molecule has 2 N–H and O–H groups in total. The fraction of sp³-hybridized carbons (Fsp3) is 0.889. The number of aliphatic hydroxyl groups is 2. The SMILES string of the molecule is O=C(CCCCO)N(CCO)CC(F)F. The summed E-state index contributed by atoms with van der Waals surface area (Å²) < 4.78 is 24.1. The molecule has 0 radical (unpaired) electrons. The molecule has 6 heteroatoms. The molecular weight excluding hydrogens is 208 g/mol. The Morgan fingerprint density at radius 1 is 1.20 bits per heavy atom. The van der Waals surface area contributed by atoms with Crippen LogP contribution < -0.4 is 0 Å². The Hall–Kier alpha value is -0.750. The van der Waals surface area contributed by atoms with E-state index < -0.39 is 18.9 Å². The first-order valence-electron chi connectivity index (χ1n) is 4.89. The minimum Gasteiger partial charge on any atom is -0.396 e. The van der Waals surface area contributed by atoms with Gasteiger partial charge in [-0.1, -0.05) is 0 Å². The number of amides is 1. The molecule has 0 bridgehead atoms. The molecular formula is C9H17F2NO3. The lowest BCUT2D eigenvalue weighted by atomic mass is 10.2. The van der Waals surface area contributed by atoms with Gasteiger partial charge in [-0.05, 0) is 12.8 Å². The molecule has 15 heavy (non-hydrogen) atoms. The van der Waals surface area contributed by atoms with Gasteiger partial charge in [0.15, 0.2) is 0 Å². The van der Waals surface area contributed by atoms with Crippen molar-refractivity contribution < 1.29 is 23.8 Å². The molecule has 0 aromatic rings. The van der Waals surface area contributed by atoms with Crippen LogP contribution in [0.1, 0.15) is 19.3 Å². The maximum Gasteiger partial charge on any atom is 0.255 e. The van der Waals surface area contributed by atoms with Crippen molar-refractivity contribution in [3.8, 4) is 0 Å². The average Bonchev–Trinajstić information content (AvgIpc) is 2.17. The van der Waals surface area contributed by atoms with Crippen LogP contribution in [0.25, 0.3) is 0 Å². The number of hydrogen-bond donors (Lipinski definition) is 2. The molecule has 0 atom stereocenters. The van der Waals surface area contributed by atoms with Gasteiger partial charge in [0.2, 0.25) is 5.91 Å². The van der Waals surface area contributed by atoms with E-state index in [4.69, 9.17) is 10.2 Å². The lowest BCUT2D eigenvalue weighted by Gasteiger charge is -2.21. The fourth-order valence-corrected chi connectivity index (χ4v) is 1.15. The number of carbonyl (C=O) groups excluding carboxylic acids is 1. The van der Waals surface area contributed by atoms with E-state index in [1.165, 1.54) is 0 Å². The highest BCUT2D eigenvalue weighted by Gasteiger charge is 2.16. The van der Waals surface area contributed by atoms with E-state index in [-0.39, 0.29) is 26.2 Å². The highest BCUT2D eigenvalue weighted by Crippen LogP contribution is 2.04. The molecule has 0 aliphatic heterocycles. The molecule has 0 rings (SSSR count). The first-order chi connectivity index (χ1) is 7.11. The lowest BCUT2D eigenvalue weighted by molar-refractivity contribution is -0.133. The summed E-state index contributed by atoms with van der Waals surface area (Å²) in [6, 6.07) is 0. The van der Waals surface area contributed by atoms with Crippen LogP contribution in [0.2, 0.25) is 0 Å². The molecule has 0 aromatic heterocycles. The minimum atomic E-state index is -2.58. The van der Waals surface area contributed by atoms with E-state index in [0.717, 1.165) is 4.90 Å². The molecule has 0 spiro atoms. The Kier molecular flexibility index (Phi) is 8.12. The third-order valence-electron chi connectivity index (χ3n) is 1.88. The summed E-state index contributed by atoms with van der Waals surface area (Å²) in [5.41, 5.74) is 0. The number of halogens is 2. The minimum absolute atomic E-state index is 0.0118. The second-order valence-electron chi connectivity index (χ2n) is 3.14. The number of carbonyl (C=O) groups is 1. The van der Waals surface area contributed by atoms with Gasteiger partial charge in [0.1, 0.15) is 0 Å². The highest BCUT2D eigenvalue weighted by molar-refractivity contribution is 5.76. The maximum atomic E-state index is 12.0. The highest BCUT2D eigenvalue weighted by atomic mass is 19.3. The monoisotopic (exact) mass is 225 g/mol. The first-order valence-corrected chi connectivity index (χ1v) is 4.89. The Balaban J connectivity index is 3.92. The van der Waals surface area contributed by atoms with Crippen LogP contribution in [-0.4, -0.2) is 53.7 Å². The van der Waals surface area contributed by atoms with Gasteiger partial charge in [0.25, 0.3) is 6.43 Å². The van der Waals surface area contributed by atoms with Crippen LogP contribution >= 0.6 is 0 Å². The molecule has 0 unspecified atom stereocenters. The van der Waals surface area contributed by atoms with Crippen molar-refractivity contribution in [2.75, 3.05) is 26.3 Å². The Labute approximate surface area is 87.5 Å². The molecule has 1 amide bonds. The van der Waals surface area contributed by atoms with Crippen molar-refractivity contribution in [3.05, 3.63) is 0 Å². The van der Waals surface area contributed by atoms with Gasteiger partial charge >= 0.3 is 0 Å². The number of hydrogen-bond acceptors (Lipinski definition) is 3. The second-order valence-corrected chi connectivity index (χ2v) is 3.14. The Morgan fingerprint density at radius 3 is 2.33 bits per heavy atom. The van der Waals surface area contributed by atoms with Crippen molar-refractivity contribution in [2.45, 2.75) is 25.7 Å². The summed E-state index contributed by atoms with van der Waals surface area (Å²) in [5, 5.41) is 17.1. The van der Waals surface area contributed by atoms with Crippen molar-refractivity contribution in [2.24, 2.45) is 0 Å². The largest absolute Gasteiger partial charge is 0.396 e. The lowest BCUT2D eigenvalue weighted by Crippen LogP contribution is -2.37. The van der Waals surface area contributed by atoms with Crippen molar-refractivity contribution in [1.29, 1.82) is 0 Å². The number of rotatable bonds is 8. The van der Waals surface area contributed by atoms with Crippen LogP contribution in [0.15, 0.2) is 0 Å². The number of nitrogens with zero attached hydrogens (tertiary/aromatic N) is 1. The summed E-state index contributed by atoms with van der Waals surface area (Å²) in [4.78, 5) is 12.3. The summed E-state index contributed by atoms with van der Waals surface area (Å²) in [7, 11) is 0. The number of aliphatic hydroxyl groups excluding tert-OH is 2. The zero-order valence-corrected chi connectivity index (χ0v) is 8.53. The van der Waals surface area contributed by atoms with Crippen LogP contribution in [0.3, 0.4) is 0 Å². The molecule has 0 aliphatic carbocycles. The van der Waals surface area contributed by atoms with Gasteiger partial charge < -0.3 is 15.1 Å². The average molecular weight is 225 g/mol. The van der Waals surface area contributed by atoms with Gasteiger partial charge in [0, 0.05) is 19.6 Å². The van der Waals surface area contributed by atoms with Gasteiger partial charge in [-0.2, -0.15) is 0 Å². The van der Waals surface area contributed by atoms with E-state index in [9.17, 15) is 13.6 Å². The predicted octanol–water partition coefficient (Wildman–Crippen LogP) is 0.235. The van der Waals surface area contributed by atoms with Crippen LogP contribution in [0, 0.1) is 0 Å². The summed E-state index contributed by atoms with van der Waals surface area (Å²) >= 11 is 0. The van der Waals surface area contributed by atoms with Gasteiger partial charge in [-0.3, -0.25) is 4.79 Å². The summed E-state index contributed by atoms with van der Waals surface area (Å²) in [5.74, 6) is -0.405. The standard InChI is InChI=1S/C9H17F2NO3/c10-8(11)7-12(4-6-14)9(15)3-1-2-5-13/h8,13-14H,1-7H2. The fourth-order valence-electron chi connectivity index (χ4n) is 1.15. The van der Waals surface area contributed by atoms with Gasteiger partial charge in [-0.15, -0.1) is 0 Å². The molecule has 4 nitrogen and oxygen atoms in total. The van der Waals surface area contributed by atoms with Crippen LogP contribution in [-0.2, 0) is 4.79 Å². The van der Waals surface area contributed by atoms with E-state index in [2.05, 4.69) is 0 Å². The normalized spacial score (nSPS) is 10.7. The third-order valence-corrected chi connectivity index (χ3v) is 1.88. The van der Waals surface area contributed by atoms with E-state index in [0.29, 0.717) is 12.8 Å². The summed E-state index contributed by atoms with van der Waals surface area (Å²) in [6.45, 7) is -1.04. The summed E-state index contributed by atoms with van der Waals surface area (Å²) in [6.07, 6.45) is -1.50. The molecule has 0 aliphatic rings. The first kappa shape index (κ1) is 14.2. The van der Waals surface area contributed by atoms with Crippen LogP contribution in [0.4, 0.5) is 8.78 Å².